The van der Waals surface area contributed by atoms with E-state index in [1.807, 2.05) is 0 Å². The number of aromatic nitrogens is 2. The molecule has 7 heteroatoms. The van der Waals surface area contributed by atoms with Crippen LogP contribution in [-0.2, 0) is 6.18 Å². The predicted molar refractivity (Wildman–Crippen MR) is 66.7 cm³/mol. The molecular weight excluding hydrogens is 325 g/mol. The van der Waals surface area contributed by atoms with Crippen LogP contribution in [0.15, 0.2) is 34.9 Å². The summed E-state index contributed by atoms with van der Waals surface area (Å²) in [7, 11) is 1.44. The lowest BCUT2D eigenvalue weighted by Gasteiger charge is -2.10. The molecule has 0 aliphatic rings. The zero-order valence-electron chi connectivity index (χ0n) is 9.70. The minimum absolute atomic E-state index is 0.297. The van der Waals surface area contributed by atoms with Gasteiger partial charge >= 0.3 is 6.18 Å². The maximum atomic E-state index is 12.7. The molecule has 1 heterocycles. The fourth-order valence-electron chi connectivity index (χ4n) is 1.53. The first-order chi connectivity index (χ1) is 8.93. The number of rotatable bonds is 2. The minimum Gasteiger partial charge on any atom is -0.494 e. The van der Waals surface area contributed by atoms with Gasteiger partial charge in [-0.15, -0.1) is 5.10 Å². The monoisotopic (exact) mass is 332 g/mol. The van der Waals surface area contributed by atoms with E-state index in [2.05, 4.69) is 26.1 Å². The van der Waals surface area contributed by atoms with E-state index >= 15 is 0 Å². The molecule has 0 amide bonds. The van der Waals surface area contributed by atoms with Gasteiger partial charge in [-0.3, -0.25) is 0 Å². The van der Waals surface area contributed by atoms with Crippen LogP contribution in [0.3, 0.4) is 0 Å². The molecule has 1 aromatic heterocycles. The van der Waals surface area contributed by atoms with Crippen LogP contribution in [0.25, 0.3) is 11.3 Å². The van der Waals surface area contributed by atoms with Gasteiger partial charge < -0.3 is 4.74 Å². The van der Waals surface area contributed by atoms with E-state index in [0.717, 1.165) is 12.1 Å². The Bertz CT molecular complexity index is 602. The molecule has 0 unspecified atom stereocenters. The van der Waals surface area contributed by atoms with Crippen LogP contribution < -0.4 is 4.74 Å². The van der Waals surface area contributed by atoms with E-state index in [1.165, 1.54) is 25.4 Å². The molecule has 19 heavy (non-hydrogen) atoms. The molecule has 0 N–H and O–H groups in total. The SMILES string of the molecule is COc1cnnc(-c2cccc(C(F)(F)F)c2)c1Br. The highest BCUT2D eigenvalue weighted by Gasteiger charge is 2.30. The summed E-state index contributed by atoms with van der Waals surface area (Å²) in [6.45, 7) is 0. The zero-order chi connectivity index (χ0) is 14.0. The molecule has 2 rings (SSSR count). The Morgan fingerprint density at radius 3 is 2.63 bits per heavy atom. The van der Waals surface area contributed by atoms with Crippen LogP contribution in [0.4, 0.5) is 13.2 Å². The van der Waals surface area contributed by atoms with Crippen molar-refractivity contribution >= 4 is 15.9 Å². The van der Waals surface area contributed by atoms with Gasteiger partial charge in [0.25, 0.3) is 0 Å². The normalized spacial score (nSPS) is 11.4. The van der Waals surface area contributed by atoms with Gasteiger partial charge in [-0.05, 0) is 28.1 Å². The molecule has 0 atom stereocenters. The first-order valence-corrected chi connectivity index (χ1v) is 5.95. The number of halogens is 4. The topological polar surface area (TPSA) is 35.0 Å². The number of benzene rings is 1. The first-order valence-electron chi connectivity index (χ1n) is 5.16. The van der Waals surface area contributed by atoms with Gasteiger partial charge in [-0.1, -0.05) is 12.1 Å². The van der Waals surface area contributed by atoms with Crippen molar-refractivity contribution in [1.82, 2.24) is 10.2 Å². The van der Waals surface area contributed by atoms with Gasteiger partial charge in [0.15, 0.2) is 5.75 Å². The van der Waals surface area contributed by atoms with Gasteiger partial charge in [0.05, 0.1) is 23.3 Å². The predicted octanol–water partition coefficient (Wildman–Crippen LogP) is 3.93. The molecule has 0 radical (unpaired) electrons. The van der Waals surface area contributed by atoms with E-state index in [4.69, 9.17) is 4.74 Å². The zero-order valence-corrected chi connectivity index (χ0v) is 11.3. The Morgan fingerprint density at radius 2 is 2.00 bits per heavy atom. The number of nitrogens with zero attached hydrogens (tertiary/aromatic N) is 2. The first kappa shape index (κ1) is 13.8. The Balaban J connectivity index is 2.54. The van der Waals surface area contributed by atoms with Crippen molar-refractivity contribution in [3.8, 4) is 17.0 Å². The summed E-state index contributed by atoms with van der Waals surface area (Å²) in [6, 6.07) is 4.88. The average molecular weight is 333 g/mol. The highest BCUT2D eigenvalue weighted by atomic mass is 79.9. The molecule has 0 spiro atoms. The molecule has 0 fully saturated rings. The van der Waals surface area contributed by atoms with Crippen LogP contribution in [0.2, 0.25) is 0 Å². The molecular formula is C12H8BrF3N2O. The summed E-state index contributed by atoms with van der Waals surface area (Å²) in [5.74, 6) is 0.405. The molecule has 2 aromatic rings. The summed E-state index contributed by atoms with van der Waals surface area (Å²) in [5.41, 5.74) is -0.125. The highest BCUT2D eigenvalue weighted by Crippen LogP contribution is 2.36. The van der Waals surface area contributed by atoms with Crippen LogP contribution >= 0.6 is 15.9 Å². The molecule has 3 nitrogen and oxygen atoms in total. The van der Waals surface area contributed by atoms with Crippen molar-refractivity contribution in [2.45, 2.75) is 6.18 Å². The summed E-state index contributed by atoms with van der Waals surface area (Å²) >= 11 is 3.24. The molecule has 0 saturated heterocycles. The average Bonchev–Trinajstić information content (AvgIpc) is 2.38. The fourth-order valence-corrected chi connectivity index (χ4v) is 2.10. The van der Waals surface area contributed by atoms with E-state index in [-0.39, 0.29) is 0 Å². The van der Waals surface area contributed by atoms with E-state index in [9.17, 15) is 13.2 Å². The smallest absolute Gasteiger partial charge is 0.416 e. The highest BCUT2D eigenvalue weighted by molar-refractivity contribution is 9.10. The lowest BCUT2D eigenvalue weighted by Crippen LogP contribution is -2.05. The third kappa shape index (κ3) is 2.86. The molecule has 100 valence electrons. The summed E-state index contributed by atoms with van der Waals surface area (Å²) in [6.07, 6.45) is -3.02. The van der Waals surface area contributed by atoms with Crippen LogP contribution in [-0.4, -0.2) is 17.3 Å². The lowest BCUT2D eigenvalue weighted by atomic mass is 10.1. The van der Waals surface area contributed by atoms with Gasteiger partial charge in [-0.2, -0.15) is 18.3 Å². The molecule has 0 bridgehead atoms. The van der Waals surface area contributed by atoms with E-state index in [0.29, 0.717) is 21.5 Å². The Morgan fingerprint density at radius 1 is 1.26 bits per heavy atom. The molecule has 0 aliphatic heterocycles. The van der Waals surface area contributed by atoms with Gasteiger partial charge in [0.1, 0.15) is 5.69 Å². The Labute approximate surface area is 115 Å². The van der Waals surface area contributed by atoms with Crippen molar-refractivity contribution in [2.24, 2.45) is 0 Å². The molecule has 1 aromatic carbocycles. The number of ether oxygens (including phenoxy) is 1. The molecule has 0 aliphatic carbocycles. The second kappa shape index (κ2) is 5.16. The third-order valence-electron chi connectivity index (χ3n) is 2.44. The number of alkyl halides is 3. The van der Waals surface area contributed by atoms with Gasteiger partial charge in [0.2, 0.25) is 0 Å². The second-order valence-electron chi connectivity index (χ2n) is 3.65. The Kier molecular flexibility index (Phi) is 3.75. The standard InChI is InChI=1S/C12H8BrF3N2O/c1-19-9-6-17-18-11(10(9)13)7-3-2-4-8(5-7)12(14,15)16/h2-6H,1H3. The van der Waals surface area contributed by atoms with Crippen molar-refractivity contribution < 1.29 is 17.9 Å². The lowest BCUT2D eigenvalue weighted by molar-refractivity contribution is -0.137. The van der Waals surface area contributed by atoms with E-state index < -0.39 is 11.7 Å². The van der Waals surface area contributed by atoms with Gasteiger partial charge in [-0.25, -0.2) is 0 Å². The number of hydrogen-bond acceptors (Lipinski definition) is 3. The van der Waals surface area contributed by atoms with Crippen molar-refractivity contribution in [3.05, 3.63) is 40.5 Å². The maximum Gasteiger partial charge on any atom is 0.416 e. The fraction of sp³-hybridized carbons (Fsp3) is 0.167. The maximum absolute atomic E-state index is 12.7. The summed E-state index contributed by atoms with van der Waals surface area (Å²) in [5, 5.41) is 7.53. The van der Waals surface area contributed by atoms with Crippen LogP contribution in [0, 0.1) is 0 Å². The van der Waals surface area contributed by atoms with Crippen molar-refractivity contribution in [1.29, 1.82) is 0 Å². The van der Waals surface area contributed by atoms with Gasteiger partial charge in [0, 0.05) is 5.56 Å². The number of hydrogen-bond donors (Lipinski definition) is 0. The summed E-state index contributed by atoms with van der Waals surface area (Å²) in [4.78, 5) is 0. The van der Waals surface area contributed by atoms with Crippen molar-refractivity contribution in [2.75, 3.05) is 7.11 Å². The van der Waals surface area contributed by atoms with E-state index in [1.54, 1.807) is 0 Å². The quantitative estimate of drug-likeness (QED) is 0.835. The minimum atomic E-state index is -4.39. The van der Waals surface area contributed by atoms with Crippen LogP contribution in [0.5, 0.6) is 5.75 Å². The largest absolute Gasteiger partial charge is 0.494 e. The second-order valence-corrected chi connectivity index (χ2v) is 4.45. The van der Waals surface area contributed by atoms with Crippen molar-refractivity contribution in [3.63, 3.8) is 0 Å². The molecule has 0 saturated carbocycles. The summed E-state index contributed by atoms with van der Waals surface area (Å²) < 4.78 is 43.5. The Hall–Kier alpha value is -1.63. The third-order valence-corrected chi connectivity index (χ3v) is 3.21. The van der Waals surface area contributed by atoms with Crippen LogP contribution in [0.1, 0.15) is 5.56 Å². The number of methoxy groups -OCH3 is 1.